The molecular weight excluding hydrogens is 270 g/mol. The van der Waals surface area contributed by atoms with Gasteiger partial charge in [-0.3, -0.25) is 4.21 Å². The van der Waals surface area contributed by atoms with Crippen LogP contribution in [0.1, 0.15) is 37.6 Å². The molecule has 0 amide bonds. The summed E-state index contributed by atoms with van der Waals surface area (Å²) in [5.74, 6) is 1.63. The number of rotatable bonds is 2. The van der Waals surface area contributed by atoms with E-state index >= 15 is 0 Å². The van der Waals surface area contributed by atoms with E-state index in [0.29, 0.717) is 5.75 Å². The highest BCUT2D eigenvalue weighted by atomic mass is 32.2. The Balaban J connectivity index is 2.02. The fourth-order valence-corrected chi connectivity index (χ4v) is 4.22. The normalized spacial score (nSPS) is 27.6. The van der Waals surface area contributed by atoms with Crippen LogP contribution < -0.4 is 5.32 Å². The maximum absolute atomic E-state index is 12.2. The molecule has 1 aliphatic heterocycles. The van der Waals surface area contributed by atoms with Gasteiger partial charge in [0.1, 0.15) is 11.3 Å². The van der Waals surface area contributed by atoms with E-state index in [4.69, 9.17) is 4.42 Å². The molecule has 0 aliphatic carbocycles. The molecule has 1 fully saturated rings. The van der Waals surface area contributed by atoms with E-state index < -0.39 is 10.8 Å². The molecule has 20 heavy (non-hydrogen) atoms. The molecular formula is C16H21NO2S. The average Bonchev–Trinajstić information content (AvgIpc) is 2.75. The molecule has 108 valence electrons. The molecule has 0 saturated carbocycles. The molecule has 3 rings (SSSR count). The molecule has 0 spiro atoms. The van der Waals surface area contributed by atoms with E-state index in [1.54, 1.807) is 0 Å². The summed E-state index contributed by atoms with van der Waals surface area (Å²) in [6.45, 7) is 5.12. The van der Waals surface area contributed by atoms with Crippen LogP contribution in [0.2, 0.25) is 0 Å². The van der Waals surface area contributed by atoms with Crippen LogP contribution in [0.15, 0.2) is 28.7 Å². The standard InChI is InChI=1S/C16H21NO2S/c1-3-12-13-6-4-5-7-15(13)19-16(12)14-10-20(18)11(2)8-9-17-14/h4-7,11,14,17H,3,8-10H2,1-2H3. The summed E-state index contributed by atoms with van der Waals surface area (Å²) >= 11 is 0. The van der Waals surface area contributed by atoms with Crippen molar-refractivity contribution in [2.75, 3.05) is 12.3 Å². The van der Waals surface area contributed by atoms with Crippen molar-refractivity contribution in [1.82, 2.24) is 5.32 Å². The average molecular weight is 291 g/mol. The van der Waals surface area contributed by atoms with Gasteiger partial charge in [0.05, 0.1) is 6.04 Å². The third-order valence-corrected chi connectivity index (χ3v) is 5.92. The van der Waals surface area contributed by atoms with E-state index in [1.807, 2.05) is 18.2 Å². The third-order valence-electron chi connectivity index (χ3n) is 4.12. The molecule has 3 nitrogen and oxygen atoms in total. The van der Waals surface area contributed by atoms with Crippen LogP contribution in [-0.4, -0.2) is 21.8 Å². The Kier molecular flexibility index (Phi) is 3.94. The Hall–Kier alpha value is -1.13. The first-order valence-corrected chi connectivity index (χ1v) is 8.69. The lowest BCUT2D eigenvalue weighted by atomic mass is 10.0. The minimum absolute atomic E-state index is 0.0723. The first-order valence-electron chi connectivity index (χ1n) is 7.31. The number of hydrogen-bond acceptors (Lipinski definition) is 3. The summed E-state index contributed by atoms with van der Waals surface area (Å²) in [7, 11) is -0.787. The lowest BCUT2D eigenvalue weighted by Crippen LogP contribution is -2.24. The zero-order chi connectivity index (χ0) is 14.1. The maximum Gasteiger partial charge on any atom is 0.134 e. The first kappa shape index (κ1) is 13.8. The van der Waals surface area contributed by atoms with Crippen molar-refractivity contribution in [3.63, 3.8) is 0 Å². The molecule has 2 heterocycles. The van der Waals surface area contributed by atoms with Crippen LogP contribution in [0.4, 0.5) is 0 Å². The second-order valence-corrected chi connectivity index (χ2v) is 7.35. The summed E-state index contributed by atoms with van der Waals surface area (Å²) in [4.78, 5) is 0. The van der Waals surface area contributed by atoms with Crippen LogP contribution >= 0.6 is 0 Å². The summed E-state index contributed by atoms with van der Waals surface area (Å²) in [6, 6.07) is 8.23. The van der Waals surface area contributed by atoms with Gasteiger partial charge in [0.2, 0.25) is 0 Å². The quantitative estimate of drug-likeness (QED) is 0.924. The highest BCUT2D eigenvalue weighted by Crippen LogP contribution is 2.32. The lowest BCUT2D eigenvalue weighted by Gasteiger charge is -2.14. The van der Waals surface area contributed by atoms with Crippen LogP contribution in [0, 0.1) is 0 Å². The van der Waals surface area contributed by atoms with Gasteiger partial charge >= 0.3 is 0 Å². The molecule has 4 heteroatoms. The fraction of sp³-hybridized carbons (Fsp3) is 0.500. The number of para-hydroxylation sites is 1. The molecule has 2 aromatic rings. The number of nitrogens with one attached hydrogen (secondary N) is 1. The molecule has 1 aromatic carbocycles. The number of benzene rings is 1. The SMILES string of the molecule is CCc1c(C2CS(=O)C(C)CCN2)oc2ccccc12. The smallest absolute Gasteiger partial charge is 0.134 e. The number of hydrogen-bond donors (Lipinski definition) is 1. The van der Waals surface area contributed by atoms with Gasteiger partial charge in [-0.2, -0.15) is 0 Å². The minimum Gasteiger partial charge on any atom is -0.459 e. The Morgan fingerprint density at radius 2 is 2.20 bits per heavy atom. The van der Waals surface area contributed by atoms with Crippen LogP contribution in [0.3, 0.4) is 0 Å². The molecule has 3 unspecified atom stereocenters. The predicted molar refractivity (Wildman–Crippen MR) is 83.4 cm³/mol. The summed E-state index contributed by atoms with van der Waals surface area (Å²) < 4.78 is 18.3. The van der Waals surface area contributed by atoms with Gasteiger partial charge < -0.3 is 9.73 Å². The van der Waals surface area contributed by atoms with Gasteiger partial charge in [-0.15, -0.1) is 0 Å². The van der Waals surface area contributed by atoms with Gasteiger partial charge in [-0.05, 0) is 25.5 Å². The van der Waals surface area contributed by atoms with E-state index in [2.05, 4.69) is 25.2 Å². The summed E-state index contributed by atoms with van der Waals surface area (Å²) in [5.41, 5.74) is 2.19. The Morgan fingerprint density at radius 3 is 3.00 bits per heavy atom. The zero-order valence-electron chi connectivity index (χ0n) is 12.0. The first-order chi connectivity index (χ1) is 9.70. The van der Waals surface area contributed by atoms with Crippen molar-refractivity contribution >= 4 is 21.8 Å². The Bertz CT molecular complexity index is 634. The van der Waals surface area contributed by atoms with Crippen LogP contribution in [-0.2, 0) is 17.2 Å². The second kappa shape index (κ2) is 5.70. The molecule has 3 atom stereocenters. The molecule has 1 N–H and O–H groups in total. The highest BCUT2D eigenvalue weighted by Gasteiger charge is 2.27. The van der Waals surface area contributed by atoms with Crippen molar-refractivity contribution in [1.29, 1.82) is 0 Å². The fourth-order valence-electron chi connectivity index (χ4n) is 2.91. The maximum atomic E-state index is 12.2. The van der Waals surface area contributed by atoms with E-state index in [0.717, 1.165) is 30.7 Å². The van der Waals surface area contributed by atoms with Crippen molar-refractivity contribution < 1.29 is 8.63 Å². The van der Waals surface area contributed by atoms with Crippen LogP contribution in [0.5, 0.6) is 0 Å². The summed E-state index contributed by atoms with van der Waals surface area (Å²) in [6.07, 6.45) is 1.90. The van der Waals surface area contributed by atoms with Crippen molar-refractivity contribution in [2.45, 2.75) is 38.0 Å². The van der Waals surface area contributed by atoms with Gasteiger partial charge in [-0.1, -0.05) is 32.0 Å². The van der Waals surface area contributed by atoms with E-state index in [1.165, 1.54) is 10.9 Å². The Labute approximate surface area is 122 Å². The predicted octanol–water partition coefficient (Wildman–Crippen LogP) is 3.17. The minimum atomic E-state index is -0.787. The van der Waals surface area contributed by atoms with E-state index in [9.17, 15) is 4.21 Å². The highest BCUT2D eigenvalue weighted by molar-refractivity contribution is 7.85. The Morgan fingerprint density at radius 1 is 1.40 bits per heavy atom. The third kappa shape index (κ3) is 2.42. The molecule has 0 radical (unpaired) electrons. The van der Waals surface area contributed by atoms with Crippen LogP contribution in [0.25, 0.3) is 11.0 Å². The van der Waals surface area contributed by atoms with E-state index in [-0.39, 0.29) is 11.3 Å². The van der Waals surface area contributed by atoms with Crippen molar-refractivity contribution in [2.24, 2.45) is 0 Å². The van der Waals surface area contributed by atoms with Gasteiger partial charge in [0, 0.05) is 32.8 Å². The largest absolute Gasteiger partial charge is 0.459 e. The zero-order valence-corrected chi connectivity index (χ0v) is 12.8. The molecule has 1 saturated heterocycles. The van der Waals surface area contributed by atoms with Crippen molar-refractivity contribution in [3.8, 4) is 0 Å². The topological polar surface area (TPSA) is 42.2 Å². The van der Waals surface area contributed by atoms with Gasteiger partial charge in [-0.25, -0.2) is 0 Å². The summed E-state index contributed by atoms with van der Waals surface area (Å²) in [5, 5.41) is 4.96. The van der Waals surface area contributed by atoms with Gasteiger partial charge in [0.25, 0.3) is 0 Å². The number of fused-ring (bicyclic) bond motifs is 1. The lowest BCUT2D eigenvalue weighted by molar-refractivity contribution is 0.453. The second-order valence-electron chi connectivity index (χ2n) is 5.45. The molecule has 1 aromatic heterocycles. The molecule has 0 bridgehead atoms. The monoisotopic (exact) mass is 291 g/mol. The van der Waals surface area contributed by atoms with Gasteiger partial charge in [0.15, 0.2) is 0 Å². The molecule has 1 aliphatic rings. The van der Waals surface area contributed by atoms with Crippen molar-refractivity contribution in [3.05, 3.63) is 35.6 Å². The number of furan rings is 1. The number of aryl methyl sites for hydroxylation is 1.